The van der Waals surface area contributed by atoms with Crippen LogP contribution < -0.4 is 5.14 Å². The van der Waals surface area contributed by atoms with Crippen LogP contribution in [0.3, 0.4) is 0 Å². The van der Waals surface area contributed by atoms with Gasteiger partial charge in [0, 0.05) is 0 Å². The van der Waals surface area contributed by atoms with Crippen molar-refractivity contribution in [1.82, 2.24) is 4.98 Å². The Balaban J connectivity index is 3.46. The number of nitrogens with zero attached hydrogens (tertiary/aromatic N) is 1. The smallest absolute Gasteiger partial charge is 0.227 e. The van der Waals surface area contributed by atoms with E-state index < -0.39 is 21.5 Å². The van der Waals surface area contributed by atoms with Gasteiger partial charge in [0.25, 0.3) is 16.4 Å². The summed E-state index contributed by atoms with van der Waals surface area (Å²) in [5.41, 5.74) is -0.338. The summed E-state index contributed by atoms with van der Waals surface area (Å²) in [6.45, 7) is 0. The van der Waals surface area contributed by atoms with E-state index in [0.29, 0.717) is 0 Å². The zero-order valence-electron chi connectivity index (χ0n) is 6.92. The Hall–Kier alpha value is 0.130. The summed E-state index contributed by atoms with van der Waals surface area (Å²) in [6.07, 6.45) is -2.71. The van der Waals surface area contributed by atoms with E-state index in [2.05, 4.69) is 20.9 Å². The van der Waals surface area contributed by atoms with Crippen molar-refractivity contribution in [1.29, 1.82) is 0 Å². The van der Waals surface area contributed by atoms with Crippen LogP contribution in [-0.4, -0.2) is 13.4 Å². The highest BCUT2D eigenvalue weighted by Crippen LogP contribution is 2.29. The maximum absolute atomic E-state index is 12.4. The maximum atomic E-state index is 12.4. The van der Waals surface area contributed by atoms with E-state index >= 15 is 0 Å². The number of aromatic nitrogens is 1. The molecule has 1 rings (SSSR count). The third-order valence-electron chi connectivity index (χ3n) is 1.43. The molecule has 0 unspecified atom stereocenters. The van der Waals surface area contributed by atoms with Crippen molar-refractivity contribution >= 4 is 48.5 Å². The van der Waals surface area contributed by atoms with E-state index in [1.165, 1.54) is 22.6 Å². The highest BCUT2D eigenvalue weighted by atomic mass is 127. The summed E-state index contributed by atoms with van der Waals surface area (Å²) < 4.78 is 46.6. The van der Waals surface area contributed by atoms with E-state index in [4.69, 9.17) is 5.14 Å². The Morgan fingerprint density at radius 3 is 2.47 bits per heavy atom. The lowest BCUT2D eigenvalue weighted by molar-refractivity contribution is 0.149. The van der Waals surface area contributed by atoms with E-state index in [-0.39, 0.29) is 13.7 Å². The molecular weight excluding hydrogens is 409 g/mol. The lowest BCUT2D eigenvalue weighted by atomic mass is 10.3. The van der Waals surface area contributed by atoms with Gasteiger partial charge < -0.3 is 0 Å². The predicted octanol–water partition coefficient (Wildman–Crippen LogP) is 2.03. The number of primary sulfonamides is 1. The van der Waals surface area contributed by atoms with Crippen molar-refractivity contribution in [2.45, 2.75) is 11.5 Å². The minimum Gasteiger partial charge on any atom is -0.227 e. The summed E-state index contributed by atoms with van der Waals surface area (Å²) in [4.78, 5) is 3.51. The molecule has 2 N–H and O–H groups in total. The van der Waals surface area contributed by atoms with Gasteiger partial charge in [0.2, 0.25) is 0 Å². The van der Waals surface area contributed by atoms with Crippen LogP contribution in [0.1, 0.15) is 12.0 Å². The van der Waals surface area contributed by atoms with Crippen molar-refractivity contribution in [3.63, 3.8) is 0 Å². The number of hydrogen-bond acceptors (Lipinski definition) is 3. The number of pyridine rings is 1. The van der Waals surface area contributed by atoms with E-state index in [1.807, 2.05) is 0 Å². The van der Waals surface area contributed by atoms with E-state index in [9.17, 15) is 17.2 Å². The van der Waals surface area contributed by atoms with Crippen molar-refractivity contribution in [3.05, 3.63) is 19.8 Å². The summed E-state index contributed by atoms with van der Waals surface area (Å²) in [6, 6.07) is 0.999. The zero-order chi connectivity index (χ0) is 11.8. The molecule has 9 heteroatoms. The van der Waals surface area contributed by atoms with Gasteiger partial charge in [-0.05, 0) is 44.6 Å². The molecule has 1 aromatic rings. The average Bonchev–Trinajstić information content (AvgIpc) is 2.06. The van der Waals surface area contributed by atoms with Gasteiger partial charge in [-0.1, -0.05) is 0 Å². The second kappa shape index (κ2) is 4.55. The van der Waals surface area contributed by atoms with Crippen molar-refractivity contribution in [2.75, 3.05) is 0 Å². The topological polar surface area (TPSA) is 73.1 Å². The predicted molar refractivity (Wildman–Crippen MR) is 61.0 cm³/mol. The second-order valence-electron chi connectivity index (χ2n) is 2.50. The minimum atomic E-state index is -4.01. The molecule has 0 aliphatic rings. The largest absolute Gasteiger partial charge is 0.266 e. The molecule has 0 aromatic carbocycles. The summed E-state index contributed by atoms with van der Waals surface area (Å²) in [5, 5.41) is 4.39. The van der Waals surface area contributed by atoms with Gasteiger partial charge in [-0.3, -0.25) is 0 Å². The first kappa shape index (κ1) is 13.2. The Morgan fingerprint density at radius 2 is 2.07 bits per heavy atom. The molecule has 0 bridgehead atoms. The first-order valence-electron chi connectivity index (χ1n) is 3.40. The standard InChI is InChI=1S/C6H4BrF2IN2O2S/c7-3-1-2(4(8)9)5(10)12-6(3)15(11,13)14/h1,4H,(H2,11,13,14). The molecule has 1 aromatic heterocycles. The highest BCUT2D eigenvalue weighted by molar-refractivity contribution is 14.1. The van der Waals surface area contributed by atoms with E-state index in [1.54, 1.807) is 0 Å². The lowest BCUT2D eigenvalue weighted by Gasteiger charge is -2.06. The number of rotatable bonds is 2. The van der Waals surface area contributed by atoms with Gasteiger partial charge in [-0.15, -0.1) is 0 Å². The molecule has 0 amide bonds. The van der Waals surface area contributed by atoms with Crippen molar-refractivity contribution < 1.29 is 17.2 Å². The normalized spacial score (nSPS) is 12.1. The minimum absolute atomic E-state index is 0.0688. The maximum Gasteiger partial charge on any atom is 0.266 e. The molecule has 0 aliphatic carbocycles. The van der Waals surface area contributed by atoms with Crippen LogP contribution in [0.15, 0.2) is 15.6 Å². The Labute approximate surface area is 107 Å². The van der Waals surface area contributed by atoms with Gasteiger partial charge in [0.05, 0.1) is 10.0 Å². The first-order valence-corrected chi connectivity index (χ1v) is 6.82. The van der Waals surface area contributed by atoms with Gasteiger partial charge in [0.1, 0.15) is 3.70 Å². The van der Waals surface area contributed by atoms with Crippen molar-refractivity contribution in [3.8, 4) is 0 Å². The Kier molecular flexibility index (Phi) is 4.01. The number of sulfonamides is 1. The highest BCUT2D eigenvalue weighted by Gasteiger charge is 2.21. The van der Waals surface area contributed by atoms with Crippen LogP contribution in [-0.2, 0) is 10.0 Å². The third kappa shape index (κ3) is 3.04. The van der Waals surface area contributed by atoms with E-state index in [0.717, 1.165) is 6.07 Å². The van der Waals surface area contributed by atoms with Gasteiger partial charge in [-0.2, -0.15) is 0 Å². The summed E-state index contributed by atoms with van der Waals surface area (Å²) >= 11 is 4.35. The molecule has 0 spiro atoms. The molecule has 0 atom stereocenters. The quantitative estimate of drug-likeness (QED) is 0.596. The fourth-order valence-corrected chi connectivity index (χ4v) is 3.17. The van der Waals surface area contributed by atoms with Crippen molar-refractivity contribution in [2.24, 2.45) is 5.14 Å². The van der Waals surface area contributed by atoms with Crippen LogP contribution in [0.2, 0.25) is 0 Å². The number of halogens is 4. The fourth-order valence-electron chi connectivity index (χ4n) is 0.817. The molecule has 0 saturated carbocycles. The average molecular weight is 413 g/mol. The molecule has 0 aliphatic heterocycles. The molecule has 84 valence electrons. The van der Waals surface area contributed by atoms with Crippen LogP contribution in [0.5, 0.6) is 0 Å². The number of hydrogen-bond donors (Lipinski definition) is 1. The molecule has 0 radical (unpaired) electrons. The SMILES string of the molecule is NS(=O)(=O)c1nc(I)c(C(F)F)cc1Br. The second-order valence-corrected chi connectivity index (χ2v) is 5.85. The van der Waals surface area contributed by atoms with Gasteiger partial charge in [0.15, 0.2) is 5.03 Å². The fraction of sp³-hybridized carbons (Fsp3) is 0.167. The Morgan fingerprint density at radius 1 is 1.53 bits per heavy atom. The van der Waals surface area contributed by atoms with Crippen LogP contribution in [0.4, 0.5) is 8.78 Å². The zero-order valence-corrected chi connectivity index (χ0v) is 11.5. The molecule has 15 heavy (non-hydrogen) atoms. The van der Waals surface area contributed by atoms with Crippen LogP contribution in [0.25, 0.3) is 0 Å². The number of alkyl halides is 2. The first-order chi connectivity index (χ1) is 6.73. The molecular formula is C6H4BrF2IN2O2S. The summed E-state index contributed by atoms with van der Waals surface area (Å²) in [7, 11) is -4.01. The molecule has 4 nitrogen and oxygen atoms in total. The monoisotopic (exact) mass is 412 g/mol. The van der Waals surface area contributed by atoms with Gasteiger partial charge in [-0.25, -0.2) is 27.3 Å². The molecule has 1 heterocycles. The van der Waals surface area contributed by atoms with Gasteiger partial charge >= 0.3 is 0 Å². The Bertz CT molecular complexity index is 494. The van der Waals surface area contributed by atoms with Crippen LogP contribution in [0, 0.1) is 3.70 Å². The third-order valence-corrected chi connectivity index (χ3v) is 4.01. The molecule has 0 saturated heterocycles. The number of nitrogens with two attached hydrogens (primary N) is 1. The van der Waals surface area contributed by atoms with Crippen LogP contribution >= 0.6 is 38.5 Å². The lowest BCUT2D eigenvalue weighted by Crippen LogP contribution is -2.16. The summed E-state index contributed by atoms with van der Waals surface area (Å²) in [5.74, 6) is 0. The molecule has 0 fully saturated rings.